The first-order chi connectivity index (χ1) is 12.2. The normalized spacial score (nSPS) is 15.2. The Morgan fingerprint density at radius 3 is 2.68 bits per heavy atom. The van der Waals surface area contributed by atoms with Gasteiger partial charge in [0.1, 0.15) is 5.75 Å². The van der Waals surface area contributed by atoms with E-state index in [0.717, 1.165) is 42.4 Å². The van der Waals surface area contributed by atoms with Crippen LogP contribution in [-0.2, 0) is 4.79 Å². The average Bonchev–Trinajstić information content (AvgIpc) is 2.63. The van der Waals surface area contributed by atoms with Crippen molar-refractivity contribution in [3.63, 3.8) is 0 Å². The van der Waals surface area contributed by atoms with Crippen molar-refractivity contribution in [1.82, 2.24) is 0 Å². The SMILES string of the molecule is CSc1cccc(NC(=O)C[NH+]2CCN(c3ccccc3O)CC2)c1. The third-order valence-electron chi connectivity index (χ3n) is 4.46. The van der Waals surface area contributed by atoms with Gasteiger partial charge in [0, 0.05) is 10.6 Å². The summed E-state index contributed by atoms with van der Waals surface area (Å²) >= 11 is 1.66. The van der Waals surface area contributed by atoms with Crippen LogP contribution in [-0.4, -0.2) is 50.0 Å². The largest absolute Gasteiger partial charge is 0.506 e. The van der Waals surface area contributed by atoms with Gasteiger partial charge in [-0.2, -0.15) is 0 Å². The number of rotatable bonds is 5. The summed E-state index contributed by atoms with van der Waals surface area (Å²) in [6.07, 6.45) is 2.02. The first-order valence-corrected chi connectivity index (χ1v) is 9.68. The van der Waals surface area contributed by atoms with Crippen molar-refractivity contribution in [2.75, 3.05) is 49.2 Å². The fourth-order valence-corrected chi connectivity index (χ4v) is 3.56. The Morgan fingerprint density at radius 2 is 1.96 bits per heavy atom. The van der Waals surface area contributed by atoms with E-state index in [1.165, 1.54) is 4.90 Å². The van der Waals surface area contributed by atoms with Crippen molar-refractivity contribution in [2.45, 2.75) is 4.90 Å². The second-order valence-electron chi connectivity index (χ2n) is 6.18. The zero-order valence-electron chi connectivity index (χ0n) is 14.4. The number of quaternary nitrogens is 1. The molecule has 6 heteroatoms. The number of phenols is 1. The average molecular weight is 358 g/mol. The summed E-state index contributed by atoms with van der Waals surface area (Å²) in [5, 5.41) is 13.0. The molecule has 1 aliphatic rings. The van der Waals surface area contributed by atoms with E-state index >= 15 is 0 Å². The number of nitrogens with zero attached hydrogens (tertiary/aromatic N) is 1. The summed E-state index contributed by atoms with van der Waals surface area (Å²) < 4.78 is 0. The van der Waals surface area contributed by atoms with Gasteiger partial charge in [-0.3, -0.25) is 4.79 Å². The fraction of sp³-hybridized carbons (Fsp3) is 0.316. The van der Waals surface area contributed by atoms with Crippen LogP contribution in [0.15, 0.2) is 53.4 Å². The van der Waals surface area contributed by atoms with Crippen LogP contribution >= 0.6 is 11.8 Å². The molecule has 0 bridgehead atoms. The molecule has 0 saturated carbocycles. The van der Waals surface area contributed by atoms with Crippen LogP contribution in [0.5, 0.6) is 5.75 Å². The number of amides is 1. The van der Waals surface area contributed by atoms with Gasteiger partial charge >= 0.3 is 0 Å². The third-order valence-corrected chi connectivity index (χ3v) is 5.18. The molecule has 0 radical (unpaired) electrons. The predicted octanol–water partition coefficient (Wildman–Crippen LogP) is 1.46. The van der Waals surface area contributed by atoms with Crippen LogP contribution in [0.2, 0.25) is 0 Å². The van der Waals surface area contributed by atoms with E-state index in [-0.39, 0.29) is 5.91 Å². The van der Waals surface area contributed by atoms with Gasteiger partial charge < -0.3 is 20.2 Å². The molecular weight excluding hydrogens is 334 g/mol. The number of aromatic hydroxyl groups is 1. The minimum absolute atomic E-state index is 0.0456. The first kappa shape index (κ1) is 17.6. The monoisotopic (exact) mass is 358 g/mol. The van der Waals surface area contributed by atoms with Crippen LogP contribution in [0.25, 0.3) is 0 Å². The minimum Gasteiger partial charge on any atom is -0.506 e. The maximum Gasteiger partial charge on any atom is 0.279 e. The highest BCUT2D eigenvalue weighted by Crippen LogP contribution is 2.26. The van der Waals surface area contributed by atoms with E-state index in [9.17, 15) is 9.90 Å². The number of carbonyl (C=O) groups is 1. The zero-order valence-corrected chi connectivity index (χ0v) is 15.2. The van der Waals surface area contributed by atoms with Crippen molar-refractivity contribution in [2.24, 2.45) is 0 Å². The summed E-state index contributed by atoms with van der Waals surface area (Å²) in [6.45, 7) is 3.90. The van der Waals surface area contributed by atoms with Crippen molar-refractivity contribution in [3.05, 3.63) is 48.5 Å². The molecule has 0 spiro atoms. The highest BCUT2D eigenvalue weighted by Gasteiger charge is 2.23. The number of phenolic OH excluding ortho intramolecular Hbond substituents is 1. The number of benzene rings is 2. The Balaban J connectivity index is 1.50. The molecule has 0 unspecified atom stereocenters. The predicted molar refractivity (Wildman–Crippen MR) is 103 cm³/mol. The Hall–Kier alpha value is -2.18. The Bertz CT molecular complexity index is 730. The smallest absolute Gasteiger partial charge is 0.279 e. The van der Waals surface area contributed by atoms with Crippen molar-refractivity contribution in [1.29, 1.82) is 0 Å². The summed E-state index contributed by atoms with van der Waals surface area (Å²) in [4.78, 5) is 16.9. The molecule has 5 nitrogen and oxygen atoms in total. The Morgan fingerprint density at radius 1 is 1.20 bits per heavy atom. The number of carbonyl (C=O) groups excluding carboxylic acids is 1. The van der Waals surface area contributed by atoms with Gasteiger partial charge in [-0.25, -0.2) is 0 Å². The lowest BCUT2D eigenvalue weighted by Gasteiger charge is -2.33. The molecule has 132 valence electrons. The lowest BCUT2D eigenvalue weighted by atomic mass is 10.2. The second-order valence-corrected chi connectivity index (χ2v) is 7.06. The molecule has 0 atom stereocenters. The van der Waals surface area contributed by atoms with Crippen LogP contribution in [0.4, 0.5) is 11.4 Å². The van der Waals surface area contributed by atoms with Crippen molar-refractivity contribution >= 4 is 29.0 Å². The number of nitrogens with one attached hydrogen (secondary N) is 2. The van der Waals surface area contributed by atoms with Crippen LogP contribution in [0.3, 0.4) is 0 Å². The van der Waals surface area contributed by atoms with Gasteiger partial charge in [0.05, 0.1) is 31.9 Å². The summed E-state index contributed by atoms with van der Waals surface area (Å²) in [6, 6.07) is 15.3. The van der Waals surface area contributed by atoms with Crippen LogP contribution in [0, 0.1) is 0 Å². The molecule has 0 aliphatic carbocycles. The molecule has 0 aromatic heterocycles. The standard InChI is InChI=1S/C19H23N3O2S/c1-25-16-6-4-5-15(13-16)20-19(24)14-21-9-11-22(12-10-21)17-7-2-3-8-18(17)23/h2-8,13,23H,9-12,14H2,1H3,(H,20,24)/p+1. The maximum atomic E-state index is 12.3. The van der Waals surface area contributed by atoms with E-state index in [2.05, 4.69) is 10.2 Å². The molecular formula is C19H24N3O2S+. The molecule has 2 aromatic carbocycles. The van der Waals surface area contributed by atoms with E-state index in [1.807, 2.05) is 48.7 Å². The number of hydrogen-bond acceptors (Lipinski definition) is 4. The number of thioether (sulfide) groups is 1. The van der Waals surface area contributed by atoms with Crippen molar-refractivity contribution < 1.29 is 14.8 Å². The molecule has 1 saturated heterocycles. The summed E-state index contributed by atoms with van der Waals surface area (Å²) in [7, 11) is 0. The Kier molecular flexibility index (Phi) is 5.83. The summed E-state index contributed by atoms with van der Waals surface area (Å²) in [5.74, 6) is 0.363. The molecule has 3 N–H and O–H groups in total. The lowest BCUT2D eigenvalue weighted by Crippen LogP contribution is -3.15. The zero-order chi connectivity index (χ0) is 17.6. The summed E-state index contributed by atoms with van der Waals surface area (Å²) in [5.41, 5.74) is 1.73. The van der Waals surface area contributed by atoms with Gasteiger partial charge in [0.15, 0.2) is 6.54 Å². The van der Waals surface area contributed by atoms with Gasteiger partial charge in [0.25, 0.3) is 5.91 Å². The number of hydrogen-bond donors (Lipinski definition) is 3. The van der Waals surface area contributed by atoms with Gasteiger partial charge in [-0.15, -0.1) is 11.8 Å². The highest BCUT2D eigenvalue weighted by atomic mass is 32.2. The molecule has 25 heavy (non-hydrogen) atoms. The molecule has 1 fully saturated rings. The van der Waals surface area contributed by atoms with Gasteiger partial charge in [-0.1, -0.05) is 18.2 Å². The molecule has 1 aliphatic heterocycles. The van der Waals surface area contributed by atoms with Crippen LogP contribution < -0.4 is 15.1 Å². The molecule has 3 rings (SSSR count). The molecule has 1 heterocycles. The van der Waals surface area contributed by atoms with Gasteiger partial charge in [0.2, 0.25) is 0 Å². The van der Waals surface area contributed by atoms with Crippen LogP contribution in [0.1, 0.15) is 0 Å². The third kappa shape index (κ3) is 4.67. The number of anilines is 2. The quantitative estimate of drug-likeness (QED) is 0.709. The van der Waals surface area contributed by atoms with E-state index in [0.29, 0.717) is 12.3 Å². The van der Waals surface area contributed by atoms with Gasteiger partial charge in [-0.05, 0) is 36.6 Å². The fourth-order valence-electron chi connectivity index (χ4n) is 3.11. The first-order valence-electron chi connectivity index (χ1n) is 8.46. The number of para-hydroxylation sites is 2. The second kappa shape index (κ2) is 8.27. The molecule has 1 amide bonds. The van der Waals surface area contributed by atoms with E-state index < -0.39 is 0 Å². The number of piperazine rings is 1. The Labute approximate surface area is 152 Å². The lowest BCUT2D eigenvalue weighted by molar-refractivity contribution is -0.892. The molecule has 2 aromatic rings. The van der Waals surface area contributed by atoms with E-state index in [4.69, 9.17) is 0 Å². The topological polar surface area (TPSA) is 57.0 Å². The maximum absolute atomic E-state index is 12.3. The minimum atomic E-state index is 0.0456. The highest BCUT2D eigenvalue weighted by molar-refractivity contribution is 7.98. The van der Waals surface area contributed by atoms with E-state index in [1.54, 1.807) is 17.8 Å². The van der Waals surface area contributed by atoms with Crippen molar-refractivity contribution in [3.8, 4) is 5.75 Å².